The Balaban J connectivity index is 2.08. The van der Waals surface area contributed by atoms with Gasteiger partial charge in [-0.1, -0.05) is 12.1 Å². The van der Waals surface area contributed by atoms with E-state index in [2.05, 4.69) is 0 Å². The van der Waals surface area contributed by atoms with E-state index in [1.54, 1.807) is 18.2 Å². The van der Waals surface area contributed by atoms with Crippen LogP contribution in [0.2, 0.25) is 0 Å². The van der Waals surface area contributed by atoms with Crippen LogP contribution in [0.25, 0.3) is 10.9 Å². The number of nitrogens with zero attached hydrogens (tertiary/aromatic N) is 1. The van der Waals surface area contributed by atoms with Crippen molar-refractivity contribution in [2.45, 2.75) is 38.9 Å². The minimum atomic E-state index is -1.34. The fourth-order valence-corrected chi connectivity index (χ4v) is 2.72. The lowest BCUT2D eigenvalue weighted by atomic mass is 9.78. The summed E-state index contributed by atoms with van der Waals surface area (Å²) in [4.78, 5) is 22.6. The standard InChI is InChI=1S/C16H18BNO6/c1-15(2)16(3,4)24-17(23-15)10-5-6-11-9(7-10)8-12(13(19)20)18(11)14(21)22/h5-8H,1-4H3,(H,19,20)(H,21,22). The molecule has 1 aromatic carbocycles. The summed E-state index contributed by atoms with van der Waals surface area (Å²) in [7, 11) is -0.596. The van der Waals surface area contributed by atoms with Gasteiger partial charge in [0.15, 0.2) is 0 Å². The van der Waals surface area contributed by atoms with Crippen molar-refractivity contribution < 1.29 is 29.1 Å². The van der Waals surface area contributed by atoms with Gasteiger partial charge < -0.3 is 19.5 Å². The van der Waals surface area contributed by atoms with Crippen LogP contribution in [0.5, 0.6) is 0 Å². The van der Waals surface area contributed by atoms with Crippen LogP contribution in [0, 0.1) is 0 Å². The molecule has 24 heavy (non-hydrogen) atoms. The van der Waals surface area contributed by atoms with Gasteiger partial charge in [0.05, 0.1) is 16.7 Å². The summed E-state index contributed by atoms with van der Waals surface area (Å²) in [5.41, 5.74) is -0.276. The van der Waals surface area contributed by atoms with Crippen LogP contribution in [0.15, 0.2) is 24.3 Å². The first-order valence-electron chi connectivity index (χ1n) is 7.51. The van der Waals surface area contributed by atoms with E-state index in [4.69, 9.17) is 9.31 Å². The van der Waals surface area contributed by atoms with Crippen LogP contribution in [-0.4, -0.2) is 45.2 Å². The second-order valence-corrected chi connectivity index (χ2v) is 6.86. The number of carbonyl (C=O) groups is 2. The number of aromatic carboxylic acids is 1. The Labute approximate surface area is 138 Å². The van der Waals surface area contributed by atoms with Crippen LogP contribution >= 0.6 is 0 Å². The molecule has 0 unspecified atom stereocenters. The smallest absolute Gasteiger partial charge is 0.477 e. The lowest BCUT2D eigenvalue weighted by Gasteiger charge is -2.32. The average molecular weight is 331 g/mol. The highest BCUT2D eigenvalue weighted by molar-refractivity contribution is 6.62. The predicted octanol–water partition coefficient (Wildman–Crippen LogP) is 2.16. The van der Waals surface area contributed by atoms with Gasteiger partial charge in [-0.05, 0) is 45.3 Å². The maximum atomic E-state index is 11.4. The molecular weight excluding hydrogens is 313 g/mol. The predicted molar refractivity (Wildman–Crippen MR) is 88.0 cm³/mol. The van der Waals surface area contributed by atoms with Crippen LogP contribution in [-0.2, 0) is 9.31 Å². The minimum absolute atomic E-state index is 0.302. The summed E-state index contributed by atoms with van der Waals surface area (Å²) in [6.07, 6.45) is -1.34. The summed E-state index contributed by atoms with van der Waals surface area (Å²) in [6, 6.07) is 6.29. The van der Waals surface area contributed by atoms with Gasteiger partial charge in [-0.3, -0.25) is 0 Å². The van der Waals surface area contributed by atoms with E-state index in [1.807, 2.05) is 27.7 Å². The van der Waals surface area contributed by atoms with Crippen molar-refractivity contribution in [3.8, 4) is 0 Å². The molecule has 8 heteroatoms. The Morgan fingerprint density at radius 3 is 2.12 bits per heavy atom. The van der Waals surface area contributed by atoms with Crippen molar-refractivity contribution in [3.63, 3.8) is 0 Å². The molecule has 126 valence electrons. The maximum Gasteiger partial charge on any atom is 0.494 e. The first kappa shape index (κ1) is 16.5. The number of fused-ring (bicyclic) bond motifs is 1. The second-order valence-electron chi connectivity index (χ2n) is 6.86. The summed E-state index contributed by atoms with van der Waals surface area (Å²) in [6.45, 7) is 7.76. The number of benzene rings is 1. The van der Waals surface area contributed by atoms with Crippen molar-refractivity contribution in [1.82, 2.24) is 4.57 Å². The van der Waals surface area contributed by atoms with E-state index < -0.39 is 30.4 Å². The number of hydrogen-bond acceptors (Lipinski definition) is 4. The Morgan fingerprint density at radius 2 is 1.62 bits per heavy atom. The fourth-order valence-electron chi connectivity index (χ4n) is 2.72. The molecular formula is C16H18BNO6. The molecule has 7 nitrogen and oxygen atoms in total. The van der Waals surface area contributed by atoms with E-state index in [1.165, 1.54) is 6.07 Å². The number of carboxylic acids is 1. The maximum absolute atomic E-state index is 11.4. The molecule has 1 aliphatic heterocycles. The third-order valence-electron chi connectivity index (χ3n) is 4.76. The van der Waals surface area contributed by atoms with Crippen molar-refractivity contribution in [2.75, 3.05) is 0 Å². The van der Waals surface area contributed by atoms with Gasteiger partial charge >= 0.3 is 19.2 Å². The van der Waals surface area contributed by atoms with Crippen molar-refractivity contribution in [1.29, 1.82) is 0 Å². The molecule has 2 heterocycles. The van der Waals surface area contributed by atoms with Crippen molar-refractivity contribution >= 4 is 35.5 Å². The van der Waals surface area contributed by atoms with E-state index in [0.29, 0.717) is 16.4 Å². The molecule has 0 radical (unpaired) electrons. The van der Waals surface area contributed by atoms with Gasteiger partial charge in [0.1, 0.15) is 5.69 Å². The Hall–Kier alpha value is -2.32. The zero-order valence-electron chi connectivity index (χ0n) is 13.9. The molecule has 1 fully saturated rings. The van der Waals surface area contributed by atoms with Gasteiger partial charge in [0.2, 0.25) is 0 Å². The second kappa shape index (κ2) is 5.09. The molecule has 0 aliphatic carbocycles. The zero-order valence-corrected chi connectivity index (χ0v) is 13.9. The van der Waals surface area contributed by atoms with Crippen LogP contribution in [0.1, 0.15) is 38.2 Å². The van der Waals surface area contributed by atoms with Gasteiger partial charge in [-0.15, -0.1) is 0 Å². The van der Waals surface area contributed by atoms with E-state index in [9.17, 15) is 19.8 Å². The highest BCUT2D eigenvalue weighted by atomic mass is 16.7. The number of aromatic nitrogens is 1. The summed E-state index contributed by atoms with van der Waals surface area (Å²) in [5, 5.41) is 19.0. The topological polar surface area (TPSA) is 98.0 Å². The first-order chi connectivity index (χ1) is 11.0. The Morgan fingerprint density at radius 1 is 1.04 bits per heavy atom. The minimum Gasteiger partial charge on any atom is -0.477 e. The van der Waals surface area contributed by atoms with E-state index in [0.717, 1.165) is 4.57 Å². The zero-order chi connectivity index (χ0) is 17.9. The van der Waals surface area contributed by atoms with Crippen LogP contribution < -0.4 is 5.46 Å². The van der Waals surface area contributed by atoms with Crippen molar-refractivity contribution in [2.24, 2.45) is 0 Å². The van der Waals surface area contributed by atoms with Crippen LogP contribution in [0.4, 0.5) is 4.79 Å². The van der Waals surface area contributed by atoms with Crippen LogP contribution in [0.3, 0.4) is 0 Å². The Bertz CT molecular complexity index is 838. The molecule has 1 saturated heterocycles. The molecule has 1 aromatic heterocycles. The molecule has 0 saturated carbocycles. The highest BCUT2D eigenvalue weighted by Gasteiger charge is 2.51. The quantitative estimate of drug-likeness (QED) is 0.819. The van der Waals surface area contributed by atoms with E-state index >= 15 is 0 Å². The lowest BCUT2D eigenvalue weighted by molar-refractivity contribution is 0.00578. The lowest BCUT2D eigenvalue weighted by Crippen LogP contribution is -2.41. The first-order valence-corrected chi connectivity index (χ1v) is 7.51. The van der Waals surface area contributed by atoms with Gasteiger partial charge in [0, 0.05) is 5.39 Å². The van der Waals surface area contributed by atoms with Crippen molar-refractivity contribution in [3.05, 3.63) is 30.0 Å². The summed E-state index contributed by atoms with van der Waals surface area (Å²) < 4.78 is 12.7. The molecule has 3 rings (SSSR count). The average Bonchev–Trinajstić information content (AvgIpc) is 2.93. The molecule has 0 spiro atoms. The molecule has 2 N–H and O–H groups in total. The third kappa shape index (κ3) is 2.38. The summed E-state index contributed by atoms with van der Waals surface area (Å²) in [5.74, 6) is -1.30. The summed E-state index contributed by atoms with van der Waals surface area (Å²) >= 11 is 0. The number of carboxylic acid groups (broad SMARTS) is 2. The molecule has 2 aromatic rings. The fraction of sp³-hybridized carbons (Fsp3) is 0.375. The molecule has 0 amide bonds. The largest absolute Gasteiger partial charge is 0.494 e. The molecule has 0 atom stereocenters. The Kier molecular flexibility index (Phi) is 3.51. The van der Waals surface area contributed by atoms with Gasteiger partial charge in [0.25, 0.3) is 0 Å². The highest BCUT2D eigenvalue weighted by Crippen LogP contribution is 2.36. The van der Waals surface area contributed by atoms with Gasteiger partial charge in [-0.25, -0.2) is 14.2 Å². The normalized spacial score (nSPS) is 18.9. The molecule has 1 aliphatic rings. The molecule has 0 bridgehead atoms. The third-order valence-corrected chi connectivity index (χ3v) is 4.76. The monoisotopic (exact) mass is 331 g/mol. The number of rotatable bonds is 2. The number of hydrogen-bond donors (Lipinski definition) is 2. The SMILES string of the molecule is CC1(C)OB(c2ccc3c(c2)cc(C(=O)O)n3C(=O)O)OC1(C)C. The van der Waals surface area contributed by atoms with Gasteiger partial charge in [-0.2, -0.15) is 0 Å². The van der Waals surface area contributed by atoms with E-state index in [-0.39, 0.29) is 5.69 Å².